The first-order chi connectivity index (χ1) is 14.6. The first-order valence-corrected chi connectivity index (χ1v) is 10.0. The van der Waals surface area contributed by atoms with Crippen molar-refractivity contribution >= 4 is 5.91 Å². The number of amides is 1. The van der Waals surface area contributed by atoms with Crippen LogP contribution >= 0.6 is 0 Å². The molecule has 0 fully saturated rings. The maximum Gasteiger partial charge on any atom is 0.345 e. The zero-order valence-corrected chi connectivity index (χ0v) is 16.5. The molecule has 0 spiro atoms. The van der Waals surface area contributed by atoms with E-state index in [9.17, 15) is 14.0 Å². The Kier molecular flexibility index (Phi) is 5.97. The second-order valence-corrected chi connectivity index (χ2v) is 7.15. The fourth-order valence-electron chi connectivity index (χ4n) is 3.37. The lowest BCUT2D eigenvalue weighted by molar-refractivity contribution is 0.0920. The first kappa shape index (κ1) is 19.9. The third-order valence-electron chi connectivity index (χ3n) is 4.94. The van der Waals surface area contributed by atoms with Crippen LogP contribution in [0.15, 0.2) is 45.6 Å². The monoisotopic (exact) mass is 414 g/mol. The Labute approximate surface area is 172 Å². The Morgan fingerprint density at radius 3 is 2.83 bits per heavy atom. The van der Waals surface area contributed by atoms with Gasteiger partial charge in [-0.2, -0.15) is 5.10 Å². The number of nitrogens with one attached hydrogen (secondary N) is 1. The first-order valence-electron chi connectivity index (χ1n) is 10.0. The van der Waals surface area contributed by atoms with Gasteiger partial charge in [-0.1, -0.05) is 0 Å². The minimum Gasteiger partial charge on any atom is -0.486 e. The predicted octanol–water partition coefficient (Wildman–Crippen LogP) is 2.51. The molecule has 0 atom stereocenters. The van der Waals surface area contributed by atoms with E-state index in [1.165, 1.54) is 28.9 Å². The maximum atomic E-state index is 12.9. The van der Waals surface area contributed by atoms with Crippen LogP contribution in [0.3, 0.4) is 0 Å². The van der Waals surface area contributed by atoms with E-state index in [-0.39, 0.29) is 29.8 Å². The van der Waals surface area contributed by atoms with E-state index in [1.54, 1.807) is 16.7 Å². The van der Waals surface area contributed by atoms with E-state index in [0.29, 0.717) is 31.0 Å². The molecule has 1 amide bonds. The van der Waals surface area contributed by atoms with Gasteiger partial charge >= 0.3 is 5.69 Å². The van der Waals surface area contributed by atoms with E-state index in [1.807, 2.05) is 0 Å². The van der Waals surface area contributed by atoms with E-state index < -0.39 is 0 Å². The van der Waals surface area contributed by atoms with Gasteiger partial charge in [-0.05, 0) is 55.7 Å². The highest BCUT2D eigenvalue weighted by atomic mass is 19.1. The third kappa shape index (κ3) is 4.61. The number of rotatable bonds is 8. The molecule has 30 heavy (non-hydrogen) atoms. The molecular formula is C21H23FN4O4. The van der Waals surface area contributed by atoms with Crippen molar-refractivity contribution in [2.75, 3.05) is 6.54 Å². The smallest absolute Gasteiger partial charge is 0.345 e. The summed E-state index contributed by atoms with van der Waals surface area (Å²) in [6, 6.07) is 8.90. The number of hydrogen-bond acceptors (Lipinski definition) is 5. The SMILES string of the molecule is O=C(NCCCn1nc2n(c1=O)CCCC2)c1ccc(COc2ccc(F)cc2)o1. The zero-order valence-electron chi connectivity index (χ0n) is 16.5. The van der Waals surface area contributed by atoms with Crippen LogP contribution in [0.25, 0.3) is 0 Å². The molecule has 1 aliphatic heterocycles. The van der Waals surface area contributed by atoms with Crippen LogP contribution < -0.4 is 15.7 Å². The largest absolute Gasteiger partial charge is 0.486 e. The number of benzene rings is 1. The van der Waals surface area contributed by atoms with E-state index in [0.717, 1.165) is 31.6 Å². The zero-order chi connectivity index (χ0) is 20.9. The molecule has 1 N–H and O–H groups in total. The van der Waals surface area contributed by atoms with Crippen LogP contribution in [-0.4, -0.2) is 26.8 Å². The Morgan fingerprint density at radius 1 is 1.20 bits per heavy atom. The maximum absolute atomic E-state index is 12.9. The Morgan fingerprint density at radius 2 is 2.03 bits per heavy atom. The summed E-state index contributed by atoms with van der Waals surface area (Å²) in [5.41, 5.74) is -0.0761. The summed E-state index contributed by atoms with van der Waals surface area (Å²) in [4.78, 5) is 24.5. The number of aryl methyl sites for hydroxylation is 2. The summed E-state index contributed by atoms with van der Waals surface area (Å²) < 4.78 is 27.1. The Bertz CT molecular complexity index is 1070. The molecule has 0 bridgehead atoms. The van der Waals surface area contributed by atoms with Crippen LogP contribution in [0.1, 0.15) is 41.4 Å². The molecule has 4 rings (SSSR count). The average Bonchev–Trinajstić information content (AvgIpc) is 3.36. The molecule has 3 aromatic rings. The molecule has 0 radical (unpaired) electrons. The number of fused-ring (bicyclic) bond motifs is 1. The van der Waals surface area contributed by atoms with Gasteiger partial charge in [0.15, 0.2) is 5.76 Å². The van der Waals surface area contributed by atoms with Gasteiger partial charge in [0, 0.05) is 26.1 Å². The number of nitrogens with zero attached hydrogens (tertiary/aromatic N) is 3. The quantitative estimate of drug-likeness (QED) is 0.572. The molecular weight excluding hydrogens is 391 g/mol. The molecule has 0 saturated carbocycles. The number of ether oxygens (including phenoxy) is 1. The molecule has 9 heteroatoms. The highest BCUT2D eigenvalue weighted by molar-refractivity contribution is 5.91. The van der Waals surface area contributed by atoms with E-state index >= 15 is 0 Å². The molecule has 3 heterocycles. The molecule has 0 saturated heterocycles. The number of furan rings is 1. The van der Waals surface area contributed by atoms with Crippen LogP contribution in [-0.2, 0) is 26.1 Å². The lowest BCUT2D eigenvalue weighted by Crippen LogP contribution is -2.29. The van der Waals surface area contributed by atoms with Crippen LogP contribution in [0.4, 0.5) is 4.39 Å². The van der Waals surface area contributed by atoms with E-state index in [4.69, 9.17) is 9.15 Å². The van der Waals surface area contributed by atoms with Crippen molar-refractivity contribution in [3.8, 4) is 5.75 Å². The van der Waals surface area contributed by atoms with Gasteiger partial charge in [0.2, 0.25) is 0 Å². The van der Waals surface area contributed by atoms with Crippen molar-refractivity contribution in [1.29, 1.82) is 0 Å². The third-order valence-corrected chi connectivity index (χ3v) is 4.94. The van der Waals surface area contributed by atoms with Crippen molar-refractivity contribution in [2.24, 2.45) is 0 Å². The van der Waals surface area contributed by atoms with Crippen LogP contribution in [0.5, 0.6) is 5.75 Å². The van der Waals surface area contributed by atoms with Gasteiger partial charge < -0.3 is 14.5 Å². The highest BCUT2D eigenvalue weighted by Crippen LogP contribution is 2.15. The predicted molar refractivity (Wildman–Crippen MR) is 106 cm³/mol. The highest BCUT2D eigenvalue weighted by Gasteiger charge is 2.16. The molecule has 1 aromatic carbocycles. The molecule has 8 nitrogen and oxygen atoms in total. The van der Waals surface area contributed by atoms with Gasteiger partial charge in [0.25, 0.3) is 5.91 Å². The standard InChI is InChI=1S/C21H23FN4O4/c22-15-5-7-16(8-6-15)29-14-17-9-10-18(30-17)20(27)23-11-3-13-26-21(28)25-12-2-1-4-19(25)24-26/h5-10H,1-4,11-14H2,(H,23,27). The topological polar surface area (TPSA) is 91.3 Å². The van der Waals surface area contributed by atoms with Gasteiger partial charge in [0.1, 0.15) is 29.8 Å². The lowest BCUT2D eigenvalue weighted by atomic mass is 10.2. The van der Waals surface area contributed by atoms with Crippen LogP contribution in [0.2, 0.25) is 0 Å². The molecule has 1 aliphatic rings. The van der Waals surface area contributed by atoms with Gasteiger partial charge in [0.05, 0.1) is 0 Å². The summed E-state index contributed by atoms with van der Waals surface area (Å²) in [5, 5.41) is 7.16. The average molecular weight is 414 g/mol. The van der Waals surface area contributed by atoms with Gasteiger partial charge in [-0.3, -0.25) is 9.36 Å². The summed E-state index contributed by atoms with van der Waals surface area (Å²) >= 11 is 0. The normalized spacial score (nSPS) is 13.1. The second-order valence-electron chi connectivity index (χ2n) is 7.15. The van der Waals surface area contributed by atoms with Crippen molar-refractivity contribution in [1.82, 2.24) is 19.7 Å². The number of carbonyl (C=O) groups is 1. The Hall–Kier alpha value is -3.36. The molecule has 2 aromatic heterocycles. The summed E-state index contributed by atoms with van der Waals surface area (Å²) in [5.74, 6) is 1.36. The number of halogens is 1. The summed E-state index contributed by atoms with van der Waals surface area (Å²) in [7, 11) is 0. The molecule has 0 aliphatic carbocycles. The minimum absolute atomic E-state index is 0.0761. The van der Waals surface area contributed by atoms with Crippen molar-refractivity contribution in [2.45, 2.75) is 45.4 Å². The number of hydrogen-bond donors (Lipinski definition) is 1. The number of aromatic nitrogens is 3. The van der Waals surface area contributed by atoms with Gasteiger partial charge in [-0.25, -0.2) is 13.9 Å². The number of carbonyl (C=O) groups excluding carboxylic acids is 1. The summed E-state index contributed by atoms with van der Waals surface area (Å²) in [6.07, 6.45) is 3.50. The molecule has 0 unspecified atom stereocenters. The van der Waals surface area contributed by atoms with Crippen molar-refractivity contribution in [3.63, 3.8) is 0 Å². The van der Waals surface area contributed by atoms with Crippen LogP contribution in [0, 0.1) is 5.82 Å². The fraction of sp³-hybridized carbons (Fsp3) is 0.381. The summed E-state index contributed by atoms with van der Waals surface area (Å²) in [6.45, 7) is 1.72. The fourth-order valence-corrected chi connectivity index (χ4v) is 3.37. The van der Waals surface area contributed by atoms with Crippen molar-refractivity contribution in [3.05, 3.63) is 70.0 Å². The minimum atomic E-state index is -0.336. The lowest BCUT2D eigenvalue weighted by Gasteiger charge is -2.09. The Balaban J connectivity index is 1.22. The van der Waals surface area contributed by atoms with Gasteiger partial charge in [-0.15, -0.1) is 0 Å². The van der Waals surface area contributed by atoms with Crippen molar-refractivity contribution < 1.29 is 18.3 Å². The molecule has 158 valence electrons. The van der Waals surface area contributed by atoms with E-state index in [2.05, 4.69) is 10.4 Å². The second kappa shape index (κ2) is 8.98.